The van der Waals surface area contributed by atoms with E-state index in [-0.39, 0.29) is 11.7 Å². The molecule has 0 fully saturated rings. The molecule has 2 aromatic rings. The maximum atomic E-state index is 13.7. The summed E-state index contributed by atoms with van der Waals surface area (Å²) in [5, 5.41) is 6.39. The zero-order valence-corrected chi connectivity index (χ0v) is 20.2. The molecule has 0 saturated carbocycles. The quantitative estimate of drug-likeness (QED) is 0.651. The second-order valence-electron chi connectivity index (χ2n) is 8.49. The Balaban J connectivity index is 1.88. The summed E-state index contributed by atoms with van der Waals surface area (Å²) in [4.78, 5) is 26.9. The van der Waals surface area contributed by atoms with E-state index in [1.54, 1.807) is 21.3 Å². The highest BCUT2D eigenvalue weighted by atomic mass is 16.5. The lowest BCUT2D eigenvalue weighted by molar-refractivity contribution is -0.116. The molecule has 2 aliphatic rings. The van der Waals surface area contributed by atoms with E-state index in [1.807, 2.05) is 50.2 Å². The molecule has 7 heteroatoms. The Morgan fingerprint density at radius 1 is 1.00 bits per heavy atom. The molecule has 0 aromatic heterocycles. The first-order valence-corrected chi connectivity index (χ1v) is 11.3. The molecule has 2 aromatic carbocycles. The molecule has 4 rings (SSSR count). The highest BCUT2D eigenvalue weighted by Gasteiger charge is 2.39. The monoisotopic (exact) mass is 462 g/mol. The predicted molar refractivity (Wildman–Crippen MR) is 130 cm³/mol. The van der Waals surface area contributed by atoms with Crippen LogP contribution in [0.5, 0.6) is 17.2 Å². The van der Waals surface area contributed by atoms with Gasteiger partial charge in [-0.05, 0) is 56.0 Å². The number of benzene rings is 2. The van der Waals surface area contributed by atoms with E-state index in [0.717, 1.165) is 41.1 Å². The third-order valence-corrected chi connectivity index (χ3v) is 6.43. The third kappa shape index (κ3) is 4.14. The van der Waals surface area contributed by atoms with Crippen molar-refractivity contribution in [1.82, 2.24) is 5.32 Å². The highest BCUT2D eigenvalue weighted by Crippen LogP contribution is 2.47. The van der Waals surface area contributed by atoms with Crippen LogP contribution in [0.25, 0.3) is 0 Å². The summed E-state index contributed by atoms with van der Waals surface area (Å²) in [6, 6.07) is 11.2. The number of carbonyl (C=O) groups excluding carboxylic acids is 2. The number of dihydropyridines is 1. The number of allylic oxidation sites excluding steroid dienone is 3. The number of ketones is 1. The zero-order chi connectivity index (χ0) is 24.4. The summed E-state index contributed by atoms with van der Waals surface area (Å²) < 4.78 is 16.6. The van der Waals surface area contributed by atoms with E-state index >= 15 is 0 Å². The average Bonchev–Trinajstić information content (AvgIpc) is 2.83. The summed E-state index contributed by atoms with van der Waals surface area (Å²) >= 11 is 0. The van der Waals surface area contributed by atoms with Gasteiger partial charge in [0.1, 0.15) is 0 Å². The second kappa shape index (κ2) is 9.63. The molecular formula is C27H30N2O5. The van der Waals surface area contributed by atoms with E-state index in [2.05, 4.69) is 10.6 Å². The highest BCUT2D eigenvalue weighted by molar-refractivity contribution is 6.10. The molecule has 0 radical (unpaired) electrons. The van der Waals surface area contributed by atoms with Crippen molar-refractivity contribution in [3.8, 4) is 17.2 Å². The van der Waals surface area contributed by atoms with Crippen molar-refractivity contribution in [2.45, 2.75) is 39.0 Å². The number of ether oxygens (including phenoxy) is 3. The first-order valence-electron chi connectivity index (χ1n) is 11.3. The van der Waals surface area contributed by atoms with E-state index in [9.17, 15) is 9.59 Å². The van der Waals surface area contributed by atoms with Gasteiger partial charge in [-0.25, -0.2) is 0 Å². The predicted octanol–water partition coefficient (Wildman–Crippen LogP) is 4.63. The van der Waals surface area contributed by atoms with Crippen molar-refractivity contribution >= 4 is 17.4 Å². The van der Waals surface area contributed by atoms with Crippen molar-refractivity contribution in [3.05, 3.63) is 70.1 Å². The fourth-order valence-corrected chi connectivity index (χ4v) is 4.79. The average molecular weight is 463 g/mol. The summed E-state index contributed by atoms with van der Waals surface area (Å²) in [7, 11) is 4.64. The minimum absolute atomic E-state index is 0.0428. The summed E-state index contributed by atoms with van der Waals surface area (Å²) in [6.07, 6.45) is 1.99. The zero-order valence-electron chi connectivity index (χ0n) is 20.2. The van der Waals surface area contributed by atoms with Gasteiger partial charge in [0, 0.05) is 40.6 Å². The Morgan fingerprint density at radius 3 is 2.29 bits per heavy atom. The van der Waals surface area contributed by atoms with Crippen molar-refractivity contribution in [1.29, 1.82) is 0 Å². The lowest BCUT2D eigenvalue weighted by Crippen LogP contribution is -2.35. The standard InChI is InChI=1S/C27H30N2O5/c1-15-9-6-7-10-18(15)29-27(31)23-16(2)28-19-11-8-12-20(30)25(19)24(23)17-13-21(32-3)26(34-5)22(14-17)33-4/h6-7,9-10,13-14,24,28H,8,11-12H2,1-5H3,(H,29,31). The maximum absolute atomic E-state index is 13.7. The smallest absolute Gasteiger partial charge is 0.254 e. The van der Waals surface area contributed by atoms with Crippen LogP contribution in [-0.4, -0.2) is 33.0 Å². The summed E-state index contributed by atoms with van der Waals surface area (Å²) in [5.74, 6) is 0.610. The number of anilines is 1. The van der Waals surface area contributed by atoms with Crippen LogP contribution >= 0.6 is 0 Å². The van der Waals surface area contributed by atoms with Crippen LogP contribution in [0.1, 0.15) is 43.2 Å². The Kier molecular flexibility index (Phi) is 6.63. The summed E-state index contributed by atoms with van der Waals surface area (Å²) in [5.41, 5.74) is 5.13. The van der Waals surface area contributed by atoms with Crippen molar-refractivity contribution in [2.24, 2.45) is 0 Å². The Labute approximate surface area is 199 Å². The van der Waals surface area contributed by atoms with E-state index in [0.29, 0.717) is 34.8 Å². The van der Waals surface area contributed by atoms with Crippen LogP contribution in [-0.2, 0) is 9.59 Å². The summed E-state index contributed by atoms with van der Waals surface area (Å²) in [6.45, 7) is 3.82. The van der Waals surface area contributed by atoms with Gasteiger partial charge in [0.2, 0.25) is 5.75 Å². The Bertz CT molecular complexity index is 1190. The van der Waals surface area contributed by atoms with E-state index in [4.69, 9.17) is 14.2 Å². The molecule has 1 unspecified atom stereocenters. The second-order valence-corrected chi connectivity index (χ2v) is 8.49. The number of aryl methyl sites for hydroxylation is 1. The van der Waals surface area contributed by atoms with Crippen LogP contribution in [0.3, 0.4) is 0 Å². The molecule has 2 N–H and O–H groups in total. The van der Waals surface area contributed by atoms with E-state index in [1.165, 1.54) is 0 Å². The van der Waals surface area contributed by atoms with Crippen molar-refractivity contribution in [3.63, 3.8) is 0 Å². The number of nitrogens with one attached hydrogen (secondary N) is 2. The van der Waals surface area contributed by atoms with E-state index < -0.39 is 5.92 Å². The molecule has 34 heavy (non-hydrogen) atoms. The van der Waals surface area contributed by atoms with Gasteiger partial charge in [0.15, 0.2) is 17.3 Å². The minimum Gasteiger partial charge on any atom is -0.493 e. The number of methoxy groups -OCH3 is 3. The first-order chi connectivity index (χ1) is 16.4. The molecule has 1 heterocycles. The maximum Gasteiger partial charge on any atom is 0.254 e. The van der Waals surface area contributed by atoms with Gasteiger partial charge in [0.25, 0.3) is 5.91 Å². The number of carbonyl (C=O) groups is 2. The number of hydrogen-bond acceptors (Lipinski definition) is 6. The van der Waals surface area contributed by atoms with Gasteiger partial charge in [-0.15, -0.1) is 0 Å². The van der Waals surface area contributed by atoms with Crippen LogP contribution < -0.4 is 24.8 Å². The van der Waals surface area contributed by atoms with Crippen LogP contribution in [0.2, 0.25) is 0 Å². The molecule has 1 aliphatic carbocycles. The number of Topliss-reactive ketones (excluding diaryl/α,β-unsaturated/α-hetero) is 1. The SMILES string of the molecule is COc1cc(C2C(C(=O)Nc3ccccc3C)=C(C)NC3=C2C(=O)CCC3)cc(OC)c1OC. The molecule has 1 atom stereocenters. The van der Waals surface area contributed by atoms with Crippen molar-refractivity contribution < 1.29 is 23.8 Å². The first kappa shape index (κ1) is 23.4. The molecule has 7 nitrogen and oxygen atoms in total. The topological polar surface area (TPSA) is 85.9 Å². The third-order valence-electron chi connectivity index (χ3n) is 6.43. The normalized spacial score (nSPS) is 17.7. The van der Waals surface area contributed by atoms with Gasteiger partial charge < -0.3 is 24.8 Å². The van der Waals surface area contributed by atoms with Gasteiger partial charge >= 0.3 is 0 Å². The van der Waals surface area contributed by atoms with Gasteiger partial charge in [-0.3, -0.25) is 9.59 Å². The minimum atomic E-state index is -0.568. The molecule has 0 saturated heterocycles. The van der Waals surface area contributed by atoms with Gasteiger partial charge in [0.05, 0.1) is 21.3 Å². The van der Waals surface area contributed by atoms with Gasteiger partial charge in [-0.2, -0.15) is 0 Å². The fraction of sp³-hybridized carbons (Fsp3) is 0.333. The number of rotatable bonds is 6. The largest absolute Gasteiger partial charge is 0.493 e. The number of hydrogen-bond donors (Lipinski definition) is 2. The lowest BCUT2D eigenvalue weighted by atomic mass is 9.75. The Morgan fingerprint density at radius 2 is 1.68 bits per heavy atom. The van der Waals surface area contributed by atoms with Crippen LogP contribution in [0.15, 0.2) is 58.9 Å². The Hall–Kier alpha value is -3.74. The number of amides is 1. The molecular weight excluding hydrogens is 432 g/mol. The molecule has 1 aliphatic heterocycles. The lowest BCUT2D eigenvalue weighted by Gasteiger charge is -2.35. The fourth-order valence-electron chi connectivity index (χ4n) is 4.79. The number of para-hydroxylation sites is 1. The molecule has 1 amide bonds. The van der Waals surface area contributed by atoms with Crippen LogP contribution in [0, 0.1) is 6.92 Å². The van der Waals surface area contributed by atoms with Crippen LogP contribution in [0.4, 0.5) is 5.69 Å². The molecule has 0 spiro atoms. The van der Waals surface area contributed by atoms with Crippen molar-refractivity contribution in [2.75, 3.05) is 26.6 Å². The molecule has 178 valence electrons. The molecule has 0 bridgehead atoms. The van der Waals surface area contributed by atoms with Gasteiger partial charge in [-0.1, -0.05) is 18.2 Å².